The average Bonchev–Trinajstić information content (AvgIpc) is 3.08. The molecule has 2 aliphatic rings. The predicted octanol–water partition coefficient (Wildman–Crippen LogP) is 1.82. The van der Waals surface area contributed by atoms with E-state index >= 15 is 0 Å². The summed E-state index contributed by atoms with van der Waals surface area (Å²) in [6.07, 6.45) is 2.60. The maximum Gasteiger partial charge on any atom is 0.329 e. The van der Waals surface area contributed by atoms with Crippen LogP contribution < -0.4 is 15.4 Å². The molecule has 3 rings (SSSR count). The molecule has 1 atom stereocenters. The van der Waals surface area contributed by atoms with Crippen LogP contribution in [0.5, 0.6) is 5.75 Å². The molecule has 0 bridgehead atoms. The van der Waals surface area contributed by atoms with Crippen molar-refractivity contribution in [2.75, 3.05) is 6.61 Å². The molecule has 2 amide bonds. The van der Waals surface area contributed by atoms with E-state index in [4.69, 9.17) is 4.74 Å². The van der Waals surface area contributed by atoms with Crippen LogP contribution in [0.4, 0.5) is 4.79 Å². The van der Waals surface area contributed by atoms with Crippen LogP contribution in [0, 0.1) is 0 Å². The van der Waals surface area contributed by atoms with Gasteiger partial charge in [-0.3, -0.25) is 0 Å². The Morgan fingerprint density at radius 2 is 1.95 bits per heavy atom. The molecule has 1 aromatic carbocycles. The Hall–Kier alpha value is -2.24. The van der Waals surface area contributed by atoms with E-state index in [-0.39, 0.29) is 6.04 Å². The maximum atomic E-state index is 12.1. The van der Waals surface area contributed by atoms with Crippen LogP contribution in [0.15, 0.2) is 24.3 Å². The number of rotatable bonds is 3. The zero-order valence-corrected chi connectivity index (χ0v) is 11.6. The lowest BCUT2D eigenvalue weighted by atomic mass is 9.98. The topological polar surface area (TPSA) is 87.7 Å². The summed E-state index contributed by atoms with van der Waals surface area (Å²) in [6, 6.07) is 6.81. The van der Waals surface area contributed by atoms with Crippen molar-refractivity contribution in [1.82, 2.24) is 10.6 Å². The Morgan fingerprint density at radius 1 is 1.24 bits per heavy atom. The van der Waals surface area contributed by atoms with Gasteiger partial charge in [0.2, 0.25) is 0 Å². The van der Waals surface area contributed by atoms with Crippen molar-refractivity contribution in [1.29, 1.82) is 0 Å². The van der Waals surface area contributed by atoms with E-state index in [1.54, 1.807) is 0 Å². The molecule has 1 aliphatic carbocycles. The van der Waals surface area contributed by atoms with Crippen molar-refractivity contribution in [2.45, 2.75) is 37.3 Å². The molecule has 6 heteroatoms. The molecule has 0 saturated heterocycles. The summed E-state index contributed by atoms with van der Waals surface area (Å²) in [4.78, 5) is 23.6. The number of carboxylic acids is 1. The van der Waals surface area contributed by atoms with E-state index in [1.807, 2.05) is 24.3 Å². The second-order valence-electron chi connectivity index (χ2n) is 5.59. The smallest absolute Gasteiger partial charge is 0.329 e. The van der Waals surface area contributed by atoms with Gasteiger partial charge in [-0.15, -0.1) is 0 Å². The molecule has 6 nitrogen and oxygen atoms in total. The normalized spacial score (nSPS) is 22.2. The van der Waals surface area contributed by atoms with E-state index in [0.717, 1.165) is 24.2 Å². The lowest BCUT2D eigenvalue weighted by Crippen LogP contribution is -2.56. The zero-order chi connectivity index (χ0) is 14.9. The van der Waals surface area contributed by atoms with Gasteiger partial charge >= 0.3 is 12.0 Å². The third-order valence-electron chi connectivity index (χ3n) is 4.22. The number of benzene rings is 1. The number of amides is 2. The highest BCUT2D eigenvalue weighted by Gasteiger charge is 2.43. The second-order valence-corrected chi connectivity index (χ2v) is 5.59. The first kappa shape index (κ1) is 13.7. The summed E-state index contributed by atoms with van der Waals surface area (Å²) in [5, 5.41) is 14.8. The van der Waals surface area contributed by atoms with Crippen molar-refractivity contribution >= 4 is 12.0 Å². The summed E-state index contributed by atoms with van der Waals surface area (Å²) in [5.74, 6) is -0.199. The standard InChI is InChI=1S/C15H18N2O4/c18-13(19)15(7-3-4-8-15)17-14(20)16-11-9-21-12-6-2-1-5-10(11)12/h1-2,5-6,11H,3-4,7-9H2,(H,18,19)(H2,16,17,20). The van der Waals surface area contributed by atoms with Gasteiger partial charge in [-0.2, -0.15) is 0 Å². The minimum Gasteiger partial charge on any atom is -0.491 e. The van der Waals surface area contributed by atoms with Gasteiger partial charge in [0, 0.05) is 5.56 Å². The average molecular weight is 290 g/mol. The van der Waals surface area contributed by atoms with Crippen LogP contribution in [0.1, 0.15) is 37.3 Å². The van der Waals surface area contributed by atoms with Gasteiger partial charge in [0.15, 0.2) is 0 Å². The molecule has 1 fully saturated rings. The van der Waals surface area contributed by atoms with E-state index in [2.05, 4.69) is 10.6 Å². The predicted molar refractivity (Wildman–Crippen MR) is 75.2 cm³/mol. The van der Waals surface area contributed by atoms with Crippen molar-refractivity contribution in [2.24, 2.45) is 0 Å². The summed E-state index contributed by atoms with van der Waals surface area (Å²) in [5.41, 5.74) is -0.202. The Kier molecular flexibility index (Phi) is 3.45. The molecule has 0 aromatic heterocycles. The summed E-state index contributed by atoms with van der Waals surface area (Å²) >= 11 is 0. The fourth-order valence-corrected chi connectivity index (χ4v) is 3.06. The number of aliphatic carboxylic acids is 1. The van der Waals surface area contributed by atoms with Gasteiger partial charge in [-0.25, -0.2) is 9.59 Å². The number of carbonyl (C=O) groups is 2. The van der Waals surface area contributed by atoms with Gasteiger partial charge in [0.1, 0.15) is 17.9 Å². The molecule has 1 heterocycles. The zero-order valence-electron chi connectivity index (χ0n) is 11.6. The highest BCUT2D eigenvalue weighted by molar-refractivity contribution is 5.86. The quantitative estimate of drug-likeness (QED) is 0.792. The Morgan fingerprint density at radius 3 is 2.67 bits per heavy atom. The lowest BCUT2D eigenvalue weighted by molar-refractivity contribution is -0.144. The lowest BCUT2D eigenvalue weighted by Gasteiger charge is -2.26. The third-order valence-corrected chi connectivity index (χ3v) is 4.22. The Bertz CT molecular complexity index is 567. The van der Waals surface area contributed by atoms with E-state index < -0.39 is 17.5 Å². The molecule has 1 aromatic rings. The molecule has 1 saturated carbocycles. The summed E-state index contributed by atoms with van der Waals surface area (Å²) in [7, 11) is 0. The van der Waals surface area contributed by atoms with Crippen molar-refractivity contribution in [3.05, 3.63) is 29.8 Å². The number of carbonyl (C=O) groups excluding carboxylic acids is 1. The molecular weight excluding hydrogens is 272 g/mol. The fourth-order valence-electron chi connectivity index (χ4n) is 3.06. The minimum atomic E-state index is -1.12. The number of nitrogens with one attached hydrogen (secondary N) is 2. The summed E-state index contributed by atoms with van der Waals surface area (Å²) < 4.78 is 5.50. The van der Waals surface area contributed by atoms with Gasteiger partial charge in [0.05, 0.1) is 6.04 Å². The first-order chi connectivity index (χ1) is 10.1. The number of carboxylic acid groups (broad SMARTS) is 1. The Balaban J connectivity index is 1.66. The van der Waals surface area contributed by atoms with Gasteiger partial charge < -0.3 is 20.5 Å². The molecular formula is C15H18N2O4. The van der Waals surface area contributed by atoms with E-state index in [0.29, 0.717) is 19.4 Å². The molecule has 3 N–H and O–H groups in total. The van der Waals surface area contributed by atoms with Crippen LogP contribution >= 0.6 is 0 Å². The number of ether oxygens (including phenoxy) is 1. The molecule has 21 heavy (non-hydrogen) atoms. The van der Waals surface area contributed by atoms with Gasteiger partial charge in [-0.05, 0) is 18.9 Å². The molecule has 0 spiro atoms. The number of hydrogen-bond donors (Lipinski definition) is 3. The van der Waals surface area contributed by atoms with E-state index in [1.165, 1.54) is 0 Å². The van der Waals surface area contributed by atoms with Crippen molar-refractivity contribution in [3.63, 3.8) is 0 Å². The number of para-hydroxylation sites is 1. The maximum absolute atomic E-state index is 12.1. The first-order valence-electron chi connectivity index (χ1n) is 7.14. The van der Waals surface area contributed by atoms with Crippen LogP contribution in [0.2, 0.25) is 0 Å². The SMILES string of the molecule is O=C(NC1COc2ccccc21)NC1(C(=O)O)CCCC1. The van der Waals surface area contributed by atoms with Crippen LogP contribution in [0.3, 0.4) is 0 Å². The molecule has 1 unspecified atom stereocenters. The number of hydrogen-bond acceptors (Lipinski definition) is 3. The van der Waals surface area contributed by atoms with Crippen LogP contribution in [-0.4, -0.2) is 29.3 Å². The van der Waals surface area contributed by atoms with Crippen molar-refractivity contribution in [3.8, 4) is 5.75 Å². The monoisotopic (exact) mass is 290 g/mol. The second kappa shape index (κ2) is 5.27. The van der Waals surface area contributed by atoms with Gasteiger partial charge in [0.25, 0.3) is 0 Å². The van der Waals surface area contributed by atoms with Gasteiger partial charge in [-0.1, -0.05) is 31.0 Å². The van der Waals surface area contributed by atoms with Crippen molar-refractivity contribution < 1.29 is 19.4 Å². The first-order valence-corrected chi connectivity index (χ1v) is 7.14. The minimum absolute atomic E-state index is 0.242. The van der Waals surface area contributed by atoms with Crippen LogP contribution in [-0.2, 0) is 4.79 Å². The summed E-state index contributed by atoms with van der Waals surface area (Å²) in [6.45, 7) is 0.368. The molecule has 1 aliphatic heterocycles. The molecule has 112 valence electrons. The fraction of sp³-hybridized carbons (Fsp3) is 0.467. The highest BCUT2D eigenvalue weighted by atomic mass is 16.5. The third kappa shape index (κ3) is 2.53. The largest absolute Gasteiger partial charge is 0.491 e. The number of fused-ring (bicyclic) bond motifs is 1. The highest BCUT2D eigenvalue weighted by Crippen LogP contribution is 2.32. The Labute approximate surface area is 122 Å². The number of urea groups is 1. The molecule has 0 radical (unpaired) electrons. The van der Waals surface area contributed by atoms with E-state index in [9.17, 15) is 14.7 Å². The van der Waals surface area contributed by atoms with Crippen LogP contribution in [0.25, 0.3) is 0 Å².